The summed E-state index contributed by atoms with van der Waals surface area (Å²) in [6.07, 6.45) is 0. The van der Waals surface area contributed by atoms with E-state index in [2.05, 4.69) is 41.4 Å². The van der Waals surface area contributed by atoms with Crippen molar-refractivity contribution in [2.24, 2.45) is 0 Å². The summed E-state index contributed by atoms with van der Waals surface area (Å²) >= 11 is 11.9. The van der Waals surface area contributed by atoms with Gasteiger partial charge in [-0.2, -0.15) is 0 Å². The second kappa shape index (κ2) is 8.09. The molecule has 1 aliphatic rings. The number of nitrogens with zero attached hydrogens (tertiary/aromatic N) is 1. The number of nitrogens with one attached hydrogen (secondary N) is 2. The highest BCUT2D eigenvalue weighted by Crippen LogP contribution is 2.22. The first-order valence-corrected chi connectivity index (χ1v) is 9.17. The number of hydrogen-bond donors (Lipinski definition) is 2. The molecule has 2 N–H and O–H groups in total. The molecule has 1 aliphatic heterocycles. The van der Waals surface area contributed by atoms with Gasteiger partial charge in [-0.15, -0.1) is 0 Å². The van der Waals surface area contributed by atoms with Gasteiger partial charge in [0.25, 0.3) is 5.91 Å². The number of carbonyl (C=O) groups is 1. The topological polar surface area (TPSA) is 36.8 Å². The normalized spacial score (nSPS) is 15.2. The Morgan fingerprint density at radius 1 is 1.12 bits per heavy atom. The second-order valence-electron chi connectivity index (χ2n) is 6.41. The number of quaternary nitrogens is 1. The fraction of sp³-hybridized carbons (Fsp3) is 0.316. The molecular weight excluding hydrogens is 357 g/mol. The van der Waals surface area contributed by atoms with Crippen molar-refractivity contribution < 1.29 is 9.69 Å². The van der Waals surface area contributed by atoms with Gasteiger partial charge in [0, 0.05) is 21.4 Å². The highest BCUT2D eigenvalue weighted by molar-refractivity contribution is 6.35. The molecule has 2 aromatic rings. The average molecular weight is 379 g/mol. The van der Waals surface area contributed by atoms with E-state index in [1.807, 2.05) is 0 Å². The molecule has 0 spiro atoms. The summed E-state index contributed by atoms with van der Waals surface area (Å²) in [5.74, 6) is -0.0160. The Hall–Kier alpha value is -1.75. The van der Waals surface area contributed by atoms with Gasteiger partial charge >= 0.3 is 0 Å². The van der Waals surface area contributed by atoms with E-state index in [0.717, 1.165) is 26.2 Å². The third-order valence-electron chi connectivity index (χ3n) is 4.48. The number of aryl methyl sites for hydroxylation is 1. The molecule has 0 radical (unpaired) electrons. The summed E-state index contributed by atoms with van der Waals surface area (Å²) in [6, 6.07) is 13.5. The summed E-state index contributed by atoms with van der Waals surface area (Å²) in [4.78, 5) is 16.0. The zero-order valence-corrected chi connectivity index (χ0v) is 15.7. The van der Waals surface area contributed by atoms with Gasteiger partial charge in [-0.3, -0.25) is 4.79 Å². The SMILES string of the molecule is Cc1ccccc1N1CC[NH+](CC(=O)Nc2cc(Cl)cc(Cl)c2)CC1. The molecule has 0 unspecified atom stereocenters. The third-order valence-corrected chi connectivity index (χ3v) is 4.92. The van der Waals surface area contributed by atoms with Crippen LogP contribution in [0, 0.1) is 6.92 Å². The lowest BCUT2D eigenvalue weighted by Crippen LogP contribution is -3.15. The highest BCUT2D eigenvalue weighted by Gasteiger charge is 2.23. The number of para-hydroxylation sites is 1. The van der Waals surface area contributed by atoms with E-state index in [1.165, 1.54) is 16.2 Å². The largest absolute Gasteiger partial charge is 0.360 e. The average Bonchev–Trinajstić information content (AvgIpc) is 2.55. The lowest BCUT2D eigenvalue weighted by molar-refractivity contribution is -0.892. The van der Waals surface area contributed by atoms with E-state index in [0.29, 0.717) is 22.3 Å². The second-order valence-corrected chi connectivity index (χ2v) is 7.28. The first-order valence-electron chi connectivity index (χ1n) is 8.41. The van der Waals surface area contributed by atoms with E-state index >= 15 is 0 Å². The first kappa shape index (κ1) is 18.1. The molecule has 2 aromatic carbocycles. The number of halogens is 2. The molecule has 3 rings (SSSR count). The number of hydrogen-bond acceptors (Lipinski definition) is 2. The summed E-state index contributed by atoms with van der Waals surface area (Å²) in [5.41, 5.74) is 3.22. The Labute approximate surface area is 158 Å². The Bertz CT molecular complexity index is 738. The Morgan fingerprint density at radius 2 is 1.76 bits per heavy atom. The minimum atomic E-state index is -0.0160. The third kappa shape index (κ3) is 4.88. The van der Waals surface area contributed by atoms with Crippen LogP contribution in [0.4, 0.5) is 11.4 Å². The van der Waals surface area contributed by atoms with Crippen LogP contribution >= 0.6 is 23.2 Å². The molecule has 0 saturated carbocycles. The first-order chi connectivity index (χ1) is 12.0. The van der Waals surface area contributed by atoms with Gasteiger partial charge in [0.2, 0.25) is 0 Å². The molecule has 6 heteroatoms. The molecule has 1 heterocycles. The van der Waals surface area contributed by atoms with Gasteiger partial charge in [0.15, 0.2) is 6.54 Å². The summed E-state index contributed by atoms with van der Waals surface area (Å²) in [7, 11) is 0. The molecule has 0 aromatic heterocycles. The van der Waals surface area contributed by atoms with Crippen LogP contribution < -0.4 is 15.1 Å². The summed E-state index contributed by atoms with van der Waals surface area (Å²) in [5, 5.41) is 3.91. The summed E-state index contributed by atoms with van der Waals surface area (Å²) in [6.45, 7) is 6.38. The van der Waals surface area contributed by atoms with E-state index in [1.54, 1.807) is 18.2 Å². The van der Waals surface area contributed by atoms with E-state index in [9.17, 15) is 4.79 Å². The van der Waals surface area contributed by atoms with Crippen LogP contribution in [0.3, 0.4) is 0 Å². The lowest BCUT2D eigenvalue weighted by Gasteiger charge is -2.34. The quantitative estimate of drug-likeness (QED) is 0.857. The monoisotopic (exact) mass is 378 g/mol. The standard InChI is InChI=1S/C19H21Cl2N3O/c1-14-4-2-3-5-18(14)24-8-6-23(7-9-24)13-19(25)22-17-11-15(20)10-16(21)12-17/h2-5,10-12H,6-9,13H2,1H3,(H,22,25)/p+1. The fourth-order valence-corrected chi connectivity index (χ4v) is 3.74. The molecule has 1 fully saturated rings. The highest BCUT2D eigenvalue weighted by atomic mass is 35.5. The maximum absolute atomic E-state index is 12.3. The number of piperazine rings is 1. The molecular formula is C19H22Cl2N3O+. The predicted molar refractivity (Wildman–Crippen MR) is 104 cm³/mol. The molecule has 0 atom stereocenters. The molecule has 132 valence electrons. The Morgan fingerprint density at radius 3 is 2.40 bits per heavy atom. The zero-order chi connectivity index (χ0) is 17.8. The molecule has 25 heavy (non-hydrogen) atoms. The van der Waals surface area contributed by atoms with Gasteiger partial charge in [-0.1, -0.05) is 41.4 Å². The van der Waals surface area contributed by atoms with Crippen molar-refractivity contribution in [3.05, 3.63) is 58.1 Å². The van der Waals surface area contributed by atoms with Gasteiger partial charge in [-0.05, 0) is 36.8 Å². The molecule has 0 aliphatic carbocycles. The Kier molecular flexibility index (Phi) is 5.84. The van der Waals surface area contributed by atoms with Crippen molar-refractivity contribution >= 4 is 40.5 Å². The van der Waals surface area contributed by atoms with Gasteiger partial charge in [-0.25, -0.2) is 0 Å². The maximum atomic E-state index is 12.3. The van der Waals surface area contributed by atoms with Gasteiger partial charge in [0.05, 0.1) is 26.2 Å². The molecule has 1 amide bonds. The van der Waals surface area contributed by atoms with Crippen LogP contribution in [0.5, 0.6) is 0 Å². The van der Waals surface area contributed by atoms with Crippen LogP contribution in [-0.2, 0) is 4.79 Å². The van der Waals surface area contributed by atoms with E-state index < -0.39 is 0 Å². The maximum Gasteiger partial charge on any atom is 0.279 e. The van der Waals surface area contributed by atoms with Crippen LogP contribution in [0.25, 0.3) is 0 Å². The van der Waals surface area contributed by atoms with Crippen LogP contribution in [0.2, 0.25) is 10.0 Å². The number of rotatable bonds is 4. The van der Waals surface area contributed by atoms with E-state index in [-0.39, 0.29) is 5.91 Å². The van der Waals surface area contributed by atoms with E-state index in [4.69, 9.17) is 23.2 Å². The minimum absolute atomic E-state index is 0.0160. The van der Waals surface area contributed by atoms with Crippen molar-refractivity contribution in [2.45, 2.75) is 6.92 Å². The van der Waals surface area contributed by atoms with Crippen molar-refractivity contribution in [3.8, 4) is 0 Å². The van der Waals surface area contributed by atoms with Gasteiger partial charge < -0.3 is 15.1 Å². The van der Waals surface area contributed by atoms with Crippen molar-refractivity contribution in [1.29, 1.82) is 0 Å². The number of amides is 1. The van der Waals surface area contributed by atoms with Crippen molar-refractivity contribution in [1.82, 2.24) is 0 Å². The van der Waals surface area contributed by atoms with Crippen molar-refractivity contribution in [3.63, 3.8) is 0 Å². The number of benzene rings is 2. The predicted octanol–water partition coefficient (Wildman–Crippen LogP) is 2.65. The zero-order valence-electron chi connectivity index (χ0n) is 14.2. The number of carbonyl (C=O) groups excluding carboxylic acids is 1. The minimum Gasteiger partial charge on any atom is -0.360 e. The smallest absolute Gasteiger partial charge is 0.279 e. The summed E-state index contributed by atoms with van der Waals surface area (Å²) < 4.78 is 0. The van der Waals surface area contributed by atoms with Crippen LogP contribution in [0.1, 0.15) is 5.56 Å². The number of anilines is 2. The van der Waals surface area contributed by atoms with Crippen LogP contribution in [-0.4, -0.2) is 38.6 Å². The Balaban J connectivity index is 1.52. The van der Waals surface area contributed by atoms with Crippen LogP contribution in [0.15, 0.2) is 42.5 Å². The molecule has 0 bridgehead atoms. The van der Waals surface area contributed by atoms with Gasteiger partial charge in [0.1, 0.15) is 0 Å². The molecule has 4 nitrogen and oxygen atoms in total. The fourth-order valence-electron chi connectivity index (χ4n) is 3.22. The van der Waals surface area contributed by atoms with Crippen molar-refractivity contribution in [2.75, 3.05) is 42.9 Å². The lowest BCUT2D eigenvalue weighted by atomic mass is 10.1. The molecule has 1 saturated heterocycles.